The van der Waals surface area contributed by atoms with E-state index in [1.54, 1.807) is 0 Å². The highest BCUT2D eigenvalue weighted by atomic mass is 35.7. The standard InChI is InChI=1S/C13H25ClO3S/c1-4-12(2,3)17-10-13(11-18(14,15)16)8-6-5-7-9-13/h4-11H2,1-3H3. The minimum absolute atomic E-state index is 0.0430. The molecule has 1 saturated carbocycles. The van der Waals surface area contributed by atoms with Crippen molar-refractivity contribution < 1.29 is 13.2 Å². The van der Waals surface area contributed by atoms with Crippen molar-refractivity contribution in [3.8, 4) is 0 Å². The summed E-state index contributed by atoms with van der Waals surface area (Å²) in [6, 6.07) is 0. The van der Waals surface area contributed by atoms with Gasteiger partial charge in [0.1, 0.15) is 0 Å². The van der Waals surface area contributed by atoms with Crippen molar-refractivity contribution in [2.45, 2.75) is 64.9 Å². The summed E-state index contributed by atoms with van der Waals surface area (Å²) in [6.45, 7) is 6.66. The van der Waals surface area contributed by atoms with Gasteiger partial charge >= 0.3 is 0 Å². The van der Waals surface area contributed by atoms with Crippen LogP contribution in [-0.4, -0.2) is 26.4 Å². The first-order valence-corrected chi connectivity index (χ1v) is 9.22. The fourth-order valence-corrected chi connectivity index (χ4v) is 4.25. The highest BCUT2D eigenvalue weighted by Crippen LogP contribution is 2.39. The summed E-state index contributed by atoms with van der Waals surface area (Å²) in [5, 5.41) is 0. The van der Waals surface area contributed by atoms with Gasteiger partial charge in [0.15, 0.2) is 0 Å². The first kappa shape index (κ1) is 16.3. The zero-order chi connectivity index (χ0) is 13.9. The summed E-state index contributed by atoms with van der Waals surface area (Å²) in [4.78, 5) is 0. The molecule has 0 aromatic rings. The van der Waals surface area contributed by atoms with E-state index in [0.29, 0.717) is 6.61 Å². The van der Waals surface area contributed by atoms with Crippen LogP contribution in [0.25, 0.3) is 0 Å². The van der Waals surface area contributed by atoms with Gasteiger partial charge in [-0.25, -0.2) is 8.42 Å². The highest BCUT2D eigenvalue weighted by Gasteiger charge is 2.37. The maximum Gasteiger partial charge on any atom is 0.233 e. The molecule has 0 heterocycles. The molecule has 0 aromatic carbocycles. The van der Waals surface area contributed by atoms with E-state index in [1.165, 1.54) is 6.42 Å². The van der Waals surface area contributed by atoms with Gasteiger partial charge in [0.25, 0.3) is 0 Å². The molecule has 0 aliphatic heterocycles. The average Bonchev–Trinajstić information content (AvgIpc) is 2.26. The lowest BCUT2D eigenvalue weighted by atomic mass is 9.76. The molecule has 1 fully saturated rings. The van der Waals surface area contributed by atoms with Crippen LogP contribution < -0.4 is 0 Å². The molecule has 108 valence electrons. The van der Waals surface area contributed by atoms with Crippen LogP contribution in [0.1, 0.15) is 59.3 Å². The Balaban J connectivity index is 2.72. The lowest BCUT2D eigenvalue weighted by Gasteiger charge is -2.38. The minimum Gasteiger partial charge on any atom is -0.375 e. The molecule has 1 aliphatic carbocycles. The maximum atomic E-state index is 11.4. The molecule has 0 unspecified atom stereocenters. The maximum absolute atomic E-state index is 11.4. The third-order valence-electron chi connectivity index (χ3n) is 4.01. The predicted octanol–water partition coefficient (Wildman–Crippen LogP) is 3.71. The molecular formula is C13H25ClO3S. The van der Waals surface area contributed by atoms with Crippen LogP contribution in [-0.2, 0) is 13.8 Å². The summed E-state index contributed by atoms with van der Waals surface area (Å²) in [7, 11) is 1.99. The van der Waals surface area contributed by atoms with Crippen molar-refractivity contribution in [1.29, 1.82) is 0 Å². The van der Waals surface area contributed by atoms with E-state index in [0.717, 1.165) is 32.1 Å². The third kappa shape index (κ3) is 5.45. The van der Waals surface area contributed by atoms with Crippen LogP contribution in [0.15, 0.2) is 0 Å². The zero-order valence-electron chi connectivity index (χ0n) is 11.7. The fraction of sp³-hybridized carbons (Fsp3) is 1.00. The molecule has 1 aliphatic rings. The summed E-state index contributed by atoms with van der Waals surface area (Å²) in [5.74, 6) is 0.0430. The van der Waals surface area contributed by atoms with Crippen LogP contribution >= 0.6 is 10.7 Å². The van der Waals surface area contributed by atoms with Gasteiger partial charge in [-0.2, -0.15) is 0 Å². The quantitative estimate of drug-likeness (QED) is 0.702. The Labute approximate surface area is 116 Å². The molecule has 0 N–H and O–H groups in total. The largest absolute Gasteiger partial charge is 0.375 e. The van der Waals surface area contributed by atoms with Gasteiger partial charge in [0.05, 0.1) is 18.0 Å². The predicted molar refractivity (Wildman–Crippen MR) is 75.5 cm³/mol. The van der Waals surface area contributed by atoms with Crippen LogP contribution in [0.2, 0.25) is 0 Å². The van der Waals surface area contributed by atoms with Crippen LogP contribution in [0.3, 0.4) is 0 Å². The molecule has 18 heavy (non-hydrogen) atoms. The van der Waals surface area contributed by atoms with E-state index in [9.17, 15) is 8.42 Å². The van der Waals surface area contributed by atoms with Crippen molar-refractivity contribution in [3.05, 3.63) is 0 Å². The van der Waals surface area contributed by atoms with Gasteiger partial charge in [0.2, 0.25) is 9.05 Å². The minimum atomic E-state index is -3.46. The number of hydrogen-bond acceptors (Lipinski definition) is 3. The first-order chi connectivity index (χ1) is 8.18. The van der Waals surface area contributed by atoms with Gasteiger partial charge in [-0.05, 0) is 33.1 Å². The highest BCUT2D eigenvalue weighted by molar-refractivity contribution is 8.13. The SMILES string of the molecule is CCC(C)(C)OCC1(CS(=O)(=O)Cl)CCCCC1. The number of halogens is 1. The molecule has 0 bridgehead atoms. The Bertz CT molecular complexity index is 356. The molecule has 0 amide bonds. The van der Waals surface area contributed by atoms with E-state index in [4.69, 9.17) is 15.4 Å². The van der Waals surface area contributed by atoms with Crippen LogP contribution in [0, 0.1) is 5.41 Å². The van der Waals surface area contributed by atoms with E-state index in [1.807, 2.05) is 13.8 Å². The Kier molecular flexibility index (Phi) is 5.51. The van der Waals surface area contributed by atoms with E-state index < -0.39 is 9.05 Å². The third-order valence-corrected chi connectivity index (χ3v) is 5.30. The van der Waals surface area contributed by atoms with Crippen LogP contribution in [0.5, 0.6) is 0 Å². The molecular weight excluding hydrogens is 272 g/mol. The molecule has 0 saturated heterocycles. The monoisotopic (exact) mass is 296 g/mol. The van der Waals surface area contributed by atoms with Gasteiger partial charge in [-0.1, -0.05) is 26.2 Å². The number of hydrogen-bond donors (Lipinski definition) is 0. The second-order valence-corrected chi connectivity index (χ2v) is 8.92. The Morgan fingerprint density at radius 1 is 1.22 bits per heavy atom. The lowest BCUT2D eigenvalue weighted by Crippen LogP contribution is -2.39. The van der Waals surface area contributed by atoms with Crippen LogP contribution in [0.4, 0.5) is 0 Å². The zero-order valence-corrected chi connectivity index (χ0v) is 13.2. The van der Waals surface area contributed by atoms with Crippen molar-refractivity contribution >= 4 is 19.7 Å². The molecule has 3 nitrogen and oxygen atoms in total. The second kappa shape index (κ2) is 6.10. The topological polar surface area (TPSA) is 43.4 Å². The smallest absolute Gasteiger partial charge is 0.233 e. The Morgan fingerprint density at radius 3 is 2.22 bits per heavy atom. The summed E-state index contributed by atoms with van der Waals surface area (Å²) in [6.07, 6.45) is 6.04. The molecule has 0 radical (unpaired) electrons. The number of rotatable bonds is 6. The van der Waals surface area contributed by atoms with Crippen molar-refractivity contribution in [2.75, 3.05) is 12.4 Å². The Morgan fingerprint density at radius 2 is 1.78 bits per heavy atom. The summed E-state index contributed by atoms with van der Waals surface area (Å²) < 4.78 is 28.8. The summed E-state index contributed by atoms with van der Waals surface area (Å²) >= 11 is 0. The van der Waals surface area contributed by atoms with E-state index >= 15 is 0 Å². The van der Waals surface area contributed by atoms with Gasteiger partial charge in [-0.3, -0.25) is 0 Å². The fourth-order valence-electron chi connectivity index (χ4n) is 2.45. The average molecular weight is 297 g/mol. The van der Waals surface area contributed by atoms with Gasteiger partial charge in [0, 0.05) is 16.1 Å². The molecule has 0 atom stereocenters. The number of ether oxygens (including phenoxy) is 1. The van der Waals surface area contributed by atoms with Crippen molar-refractivity contribution in [3.63, 3.8) is 0 Å². The van der Waals surface area contributed by atoms with E-state index in [2.05, 4.69) is 6.92 Å². The summed E-state index contributed by atoms with van der Waals surface area (Å²) in [5.41, 5.74) is -0.466. The van der Waals surface area contributed by atoms with Crippen molar-refractivity contribution in [1.82, 2.24) is 0 Å². The molecule has 0 spiro atoms. The molecule has 5 heteroatoms. The molecule has 1 rings (SSSR count). The second-order valence-electron chi connectivity index (χ2n) is 6.15. The molecule has 0 aromatic heterocycles. The van der Waals surface area contributed by atoms with Gasteiger partial charge < -0.3 is 4.74 Å². The first-order valence-electron chi connectivity index (χ1n) is 6.74. The normalized spacial score (nSPS) is 20.9. The van der Waals surface area contributed by atoms with Crippen molar-refractivity contribution in [2.24, 2.45) is 5.41 Å². The lowest BCUT2D eigenvalue weighted by molar-refractivity contribution is -0.0683. The Hall–Kier alpha value is 0.200. The van der Waals surface area contributed by atoms with Gasteiger partial charge in [-0.15, -0.1) is 0 Å². The van der Waals surface area contributed by atoms with E-state index in [-0.39, 0.29) is 16.8 Å².